The second-order valence-electron chi connectivity index (χ2n) is 3.81. The molecule has 1 aromatic rings. The topological polar surface area (TPSA) is 68.0 Å². The highest BCUT2D eigenvalue weighted by Crippen LogP contribution is 2.18. The van der Waals surface area contributed by atoms with Crippen LogP contribution < -0.4 is 11.1 Å². The van der Waals surface area contributed by atoms with Gasteiger partial charge in [0.1, 0.15) is 5.82 Å². The predicted molar refractivity (Wildman–Crippen MR) is 68.4 cm³/mol. The summed E-state index contributed by atoms with van der Waals surface area (Å²) in [7, 11) is 0. The van der Waals surface area contributed by atoms with Gasteiger partial charge in [-0.05, 0) is 26.0 Å². The molecule has 0 aliphatic rings. The van der Waals surface area contributed by atoms with Gasteiger partial charge in [0.05, 0.1) is 15.4 Å². The van der Waals surface area contributed by atoms with Gasteiger partial charge in [-0.2, -0.15) is 0 Å². The van der Waals surface area contributed by atoms with Crippen molar-refractivity contribution in [2.45, 2.75) is 13.8 Å². The zero-order valence-corrected chi connectivity index (χ0v) is 10.5. The number of carbonyl (C=O) groups excluding carboxylic acids is 1. The number of thiocarbonyl (C=S) groups is 1. The average molecular weight is 258 g/mol. The van der Waals surface area contributed by atoms with Crippen molar-refractivity contribution in [2.75, 3.05) is 5.32 Å². The van der Waals surface area contributed by atoms with Crippen molar-refractivity contribution in [3.05, 3.63) is 23.4 Å². The first-order chi connectivity index (χ1) is 7.34. The highest BCUT2D eigenvalue weighted by molar-refractivity contribution is 7.80. The Morgan fingerprint density at radius 1 is 1.56 bits per heavy atom. The van der Waals surface area contributed by atoms with E-state index in [0.29, 0.717) is 10.8 Å². The molecule has 0 aliphatic heterocycles. The zero-order valence-electron chi connectivity index (χ0n) is 8.95. The van der Waals surface area contributed by atoms with E-state index in [-0.39, 0.29) is 10.9 Å². The summed E-state index contributed by atoms with van der Waals surface area (Å²) in [6.45, 7) is 3.31. The van der Waals surface area contributed by atoms with Crippen molar-refractivity contribution in [3.8, 4) is 0 Å². The van der Waals surface area contributed by atoms with E-state index >= 15 is 0 Å². The smallest absolute Gasteiger partial charge is 0.238 e. The minimum Gasteiger partial charge on any atom is -0.392 e. The van der Waals surface area contributed by atoms with Crippen LogP contribution in [-0.2, 0) is 4.79 Å². The molecule has 1 heterocycles. The van der Waals surface area contributed by atoms with Crippen LogP contribution in [0.4, 0.5) is 5.82 Å². The van der Waals surface area contributed by atoms with Crippen LogP contribution in [0.1, 0.15) is 13.8 Å². The van der Waals surface area contributed by atoms with Gasteiger partial charge in [0.25, 0.3) is 0 Å². The average Bonchev–Trinajstić information content (AvgIpc) is 2.21. The Balaban J connectivity index is 2.79. The van der Waals surface area contributed by atoms with Crippen molar-refractivity contribution in [1.29, 1.82) is 0 Å². The maximum atomic E-state index is 11.8. The lowest BCUT2D eigenvalue weighted by atomic mass is 9.92. The van der Waals surface area contributed by atoms with Crippen molar-refractivity contribution >= 4 is 40.5 Å². The summed E-state index contributed by atoms with van der Waals surface area (Å²) in [5, 5.41) is 3.12. The Bertz CT molecular complexity index is 417. The summed E-state index contributed by atoms with van der Waals surface area (Å²) < 4.78 is 0. The van der Waals surface area contributed by atoms with E-state index in [1.54, 1.807) is 26.0 Å². The molecule has 1 aromatic heterocycles. The summed E-state index contributed by atoms with van der Waals surface area (Å²) in [6, 6.07) is 3.24. The van der Waals surface area contributed by atoms with Gasteiger partial charge in [-0.3, -0.25) is 4.79 Å². The molecular weight excluding hydrogens is 246 g/mol. The number of hydrogen-bond donors (Lipinski definition) is 2. The maximum absolute atomic E-state index is 11.8. The summed E-state index contributed by atoms with van der Waals surface area (Å²) in [6.07, 6.45) is 1.45. The van der Waals surface area contributed by atoms with Crippen LogP contribution in [0.3, 0.4) is 0 Å². The van der Waals surface area contributed by atoms with E-state index in [0.717, 1.165) is 0 Å². The Hall–Kier alpha value is -1.20. The van der Waals surface area contributed by atoms with Gasteiger partial charge in [-0.25, -0.2) is 4.98 Å². The SMILES string of the molecule is CC(C)(C(=O)Nc1ccc(Cl)cn1)C(N)=S. The van der Waals surface area contributed by atoms with Crippen molar-refractivity contribution in [1.82, 2.24) is 4.98 Å². The normalized spacial score (nSPS) is 10.9. The van der Waals surface area contributed by atoms with Crippen LogP contribution in [0.5, 0.6) is 0 Å². The number of rotatable bonds is 3. The monoisotopic (exact) mass is 257 g/mol. The van der Waals surface area contributed by atoms with E-state index in [1.165, 1.54) is 6.20 Å². The van der Waals surface area contributed by atoms with Crippen LogP contribution in [-0.4, -0.2) is 15.9 Å². The van der Waals surface area contributed by atoms with Crippen molar-refractivity contribution < 1.29 is 4.79 Å². The second-order valence-corrected chi connectivity index (χ2v) is 4.68. The van der Waals surface area contributed by atoms with E-state index in [1.807, 2.05) is 0 Å². The first-order valence-electron chi connectivity index (χ1n) is 4.57. The molecule has 4 nitrogen and oxygen atoms in total. The summed E-state index contributed by atoms with van der Waals surface area (Å²) in [4.78, 5) is 15.9. The molecule has 0 bridgehead atoms. The van der Waals surface area contributed by atoms with Crippen molar-refractivity contribution in [3.63, 3.8) is 0 Å². The number of hydrogen-bond acceptors (Lipinski definition) is 3. The fourth-order valence-electron chi connectivity index (χ4n) is 0.834. The van der Waals surface area contributed by atoms with Crippen LogP contribution in [0.15, 0.2) is 18.3 Å². The quantitative estimate of drug-likeness (QED) is 0.813. The number of anilines is 1. The zero-order chi connectivity index (χ0) is 12.3. The number of amides is 1. The lowest BCUT2D eigenvalue weighted by Crippen LogP contribution is -2.41. The van der Waals surface area contributed by atoms with Crippen LogP contribution >= 0.6 is 23.8 Å². The Labute approximate surface area is 104 Å². The summed E-state index contributed by atoms with van der Waals surface area (Å²) in [5.41, 5.74) is 4.57. The van der Waals surface area contributed by atoms with Gasteiger partial charge in [0.2, 0.25) is 5.91 Å². The fraction of sp³-hybridized carbons (Fsp3) is 0.300. The Morgan fingerprint density at radius 2 is 2.19 bits per heavy atom. The predicted octanol–water partition coefficient (Wildman–Crippen LogP) is 1.99. The molecule has 1 amide bonds. The molecule has 0 aromatic carbocycles. The second kappa shape index (κ2) is 4.76. The minimum absolute atomic E-state index is 0.138. The molecule has 86 valence electrons. The van der Waals surface area contributed by atoms with Gasteiger partial charge >= 0.3 is 0 Å². The highest BCUT2D eigenvalue weighted by atomic mass is 35.5. The molecule has 0 aliphatic carbocycles. The molecule has 3 N–H and O–H groups in total. The lowest BCUT2D eigenvalue weighted by molar-refractivity contribution is -0.121. The lowest BCUT2D eigenvalue weighted by Gasteiger charge is -2.21. The first kappa shape index (κ1) is 12.9. The number of nitrogens with zero attached hydrogens (tertiary/aromatic N) is 1. The molecular formula is C10H12ClN3OS. The molecule has 0 radical (unpaired) electrons. The maximum Gasteiger partial charge on any atom is 0.238 e. The molecule has 0 saturated heterocycles. The largest absolute Gasteiger partial charge is 0.392 e. The molecule has 0 saturated carbocycles. The number of carbonyl (C=O) groups is 1. The molecule has 16 heavy (non-hydrogen) atoms. The molecule has 6 heteroatoms. The van der Waals surface area contributed by atoms with Gasteiger partial charge in [-0.1, -0.05) is 23.8 Å². The van der Waals surface area contributed by atoms with Gasteiger partial charge in [-0.15, -0.1) is 0 Å². The number of halogens is 1. The van der Waals surface area contributed by atoms with E-state index in [9.17, 15) is 4.79 Å². The van der Waals surface area contributed by atoms with Gasteiger partial charge in [0.15, 0.2) is 0 Å². The third-order valence-corrected chi connectivity index (χ3v) is 2.89. The third-order valence-electron chi connectivity index (χ3n) is 2.15. The minimum atomic E-state index is -0.906. The fourth-order valence-corrected chi connectivity index (χ4v) is 1.04. The van der Waals surface area contributed by atoms with Crippen molar-refractivity contribution in [2.24, 2.45) is 11.1 Å². The molecule has 0 atom stereocenters. The summed E-state index contributed by atoms with van der Waals surface area (Å²) in [5.74, 6) is 0.119. The first-order valence-corrected chi connectivity index (χ1v) is 5.35. The molecule has 1 rings (SSSR count). The Morgan fingerprint density at radius 3 is 2.62 bits per heavy atom. The number of aromatic nitrogens is 1. The summed E-state index contributed by atoms with van der Waals surface area (Å²) >= 11 is 10.5. The van der Waals surface area contributed by atoms with Crippen LogP contribution in [0.2, 0.25) is 5.02 Å². The standard InChI is InChI=1S/C10H12ClN3OS/c1-10(2,8(12)16)9(15)14-7-4-3-6(11)5-13-7/h3-5H,1-2H3,(H2,12,16)(H,13,14,15). The molecule has 0 spiro atoms. The highest BCUT2D eigenvalue weighted by Gasteiger charge is 2.31. The van der Waals surface area contributed by atoms with E-state index in [4.69, 9.17) is 29.6 Å². The molecule has 0 fully saturated rings. The van der Waals surface area contributed by atoms with Gasteiger partial charge in [0, 0.05) is 6.20 Å². The van der Waals surface area contributed by atoms with E-state index < -0.39 is 5.41 Å². The van der Waals surface area contributed by atoms with Crippen LogP contribution in [0, 0.1) is 5.41 Å². The number of nitrogens with two attached hydrogens (primary N) is 1. The van der Waals surface area contributed by atoms with Crippen LogP contribution in [0.25, 0.3) is 0 Å². The Kier molecular flexibility index (Phi) is 3.83. The number of nitrogens with one attached hydrogen (secondary N) is 1. The van der Waals surface area contributed by atoms with Gasteiger partial charge < -0.3 is 11.1 Å². The molecule has 0 unspecified atom stereocenters. The third kappa shape index (κ3) is 2.90. The number of pyridine rings is 1. The van der Waals surface area contributed by atoms with E-state index in [2.05, 4.69) is 10.3 Å².